The van der Waals surface area contributed by atoms with Crippen LogP contribution in [0.3, 0.4) is 0 Å². The van der Waals surface area contributed by atoms with Gasteiger partial charge < -0.3 is 9.64 Å². The minimum atomic E-state index is 0.295. The molecule has 2 aliphatic carbocycles. The summed E-state index contributed by atoms with van der Waals surface area (Å²) in [7, 11) is 0. The van der Waals surface area contributed by atoms with Gasteiger partial charge in [0, 0.05) is 18.0 Å². The van der Waals surface area contributed by atoms with Gasteiger partial charge in [-0.15, -0.1) is 0 Å². The van der Waals surface area contributed by atoms with E-state index < -0.39 is 0 Å². The van der Waals surface area contributed by atoms with Crippen LogP contribution in [0.5, 0.6) is 5.75 Å². The number of carbonyl (C=O) groups is 1. The van der Waals surface area contributed by atoms with Crippen LogP contribution in [0.1, 0.15) is 50.2 Å². The summed E-state index contributed by atoms with van der Waals surface area (Å²) in [6, 6.07) is 7.07. The molecule has 1 aliphatic heterocycles. The molecule has 1 heterocycles. The van der Waals surface area contributed by atoms with E-state index >= 15 is 0 Å². The third-order valence-electron chi connectivity index (χ3n) is 6.30. The molecule has 1 saturated heterocycles. The molecule has 1 aromatic carbocycles. The zero-order chi connectivity index (χ0) is 15.2. The van der Waals surface area contributed by atoms with Gasteiger partial charge in [-0.2, -0.15) is 0 Å². The Kier molecular flexibility index (Phi) is 3.39. The lowest BCUT2D eigenvalue weighted by atomic mass is 9.52. The molecular weight excluding hydrogens is 274 g/mol. The Morgan fingerprint density at radius 2 is 2.27 bits per heavy atom. The van der Waals surface area contributed by atoms with Crippen LogP contribution in [-0.2, 0) is 16.6 Å². The first kappa shape index (κ1) is 14.1. The molecule has 2 fully saturated rings. The summed E-state index contributed by atoms with van der Waals surface area (Å²) in [6.07, 6.45) is 8.42. The van der Waals surface area contributed by atoms with Crippen molar-refractivity contribution in [2.24, 2.45) is 5.92 Å². The highest BCUT2D eigenvalue weighted by Crippen LogP contribution is 2.55. The van der Waals surface area contributed by atoms with Crippen molar-refractivity contribution in [3.05, 3.63) is 29.3 Å². The van der Waals surface area contributed by atoms with E-state index in [0.29, 0.717) is 17.4 Å². The molecule has 3 nitrogen and oxygen atoms in total. The van der Waals surface area contributed by atoms with E-state index in [4.69, 9.17) is 4.74 Å². The van der Waals surface area contributed by atoms with Crippen molar-refractivity contribution in [1.29, 1.82) is 0 Å². The van der Waals surface area contributed by atoms with Crippen molar-refractivity contribution >= 4 is 6.41 Å². The number of rotatable bonds is 3. The minimum Gasteiger partial charge on any atom is -0.494 e. The SMILES string of the molecule is CCOc1ccc2c(c1)[C@]13CCCCC1[C@@H](C2)N(C=O)CC3. The molecule has 0 aromatic heterocycles. The average Bonchev–Trinajstić information content (AvgIpc) is 2.56. The van der Waals surface area contributed by atoms with Crippen LogP contribution in [0.25, 0.3) is 0 Å². The molecule has 3 atom stereocenters. The van der Waals surface area contributed by atoms with E-state index in [1.165, 1.54) is 36.8 Å². The van der Waals surface area contributed by atoms with Gasteiger partial charge in [-0.1, -0.05) is 18.9 Å². The van der Waals surface area contributed by atoms with Crippen LogP contribution in [-0.4, -0.2) is 30.5 Å². The fourth-order valence-corrected chi connectivity index (χ4v) is 5.40. The predicted molar refractivity (Wildman–Crippen MR) is 86.1 cm³/mol. The van der Waals surface area contributed by atoms with Crippen LogP contribution in [0.15, 0.2) is 18.2 Å². The number of benzene rings is 1. The fourth-order valence-electron chi connectivity index (χ4n) is 5.40. The molecule has 1 saturated carbocycles. The molecule has 2 bridgehead atoms. The van der Waals surface area contributed by atoms with Gasteiger partial charge in [-0.05, 0) is 61.8 Å². The summed E-state index contributed by atoms with van der Waals surface area (Å²) < 4.78 is 5.76. The highest BCUT2D eigenvalue weighted by Gasteiger charge is 2.53. The number of hydrogen-bond acceptors (Lipinski definition) is 2. The van der Waals surface area contributed by atoms with E-state index in [2.05, 4.69) is 23.1 Å². The Morgan fingerprint density at radius 3 is 3.09 bits per heavy atom. The molecule has 0 spiro atoms. The maximum Gasteiger partial charge on any atom is 0.209 e. The van der Waals surface area contributed by atoms with Crippen LogP contribution in [0.2, 0.25) is 0 Å². The van der Waals surface area contributed by atoms with E-state index in [1.807, 2.05) is 6.92 Å². The topological polar surface area (TPSA) is 29.5 Å². The van der Waals surface area contributed by atoms with Gasteiger partial charge in [-0.25, -0.2) is 0 Å². The maximum atomic E-state index is 11.5. The Morgan fingerprint density at radius 1 is 1.36 bits per heavy atom. The Hall–Kier alpha value is -1.51. The summed E-state index contributed by atoms with van der Waals surface area (Å²) in [5, 5.41) is 0. The van der Waals surface area contributed by atoms with Crippen molar-refractivity contribution in [1.82, 2.24) is 4.90 Å². The standard InChI is InChI=1S/C19H25NO2/c1-2-22-15-7-6-14-11-18-16-5-3-4-8-19(16,17(14)12-15)9-10-20(18)13-21/h6-7,12-13,16,18H,2-5,8-11H2,1H3/t16?,18-,19+/m1/s1. The Labute approximate surface area is 132 Å². The lowest BCUT2D eigenvalue weighted by Crippen LogP contribution is -2.60. The number of carbonyl (C=O) groups excluding carboxylic acids is 1. The summed E-state index contributed by atoms with van der Waals surface area (Å²) in [6.45, 7) is 3.68. The number of likely N-dealkylation sites (tertiary alicyclic amines) is 1. The van der Waals surface area contributed by atoms with E-state index in [-0.39, 0.29) is 0 Å². The third-order valence-corrected chi connectivity index (χ3v) is 6.30. The molecule has 22 heavy (non-hydrogen) atoms. The molecule has 1 amide bonds. The van der Waals surface area contributed by atoms with Gasteiger partial charge in [0.25, 0.3) is 0 Å². The average molecular weight is 299 g/mol. The normalized spacial score (nSPS) is 32.9. The Balaban J connectivity index is 1.82. The van der Waals surface area contributed by atoms with Crippen molar-refractivity contribution in [2.45, 2.75) is 56.9 Å². The van der Waals surface area contributed by atoms with E-state index in [1.54, 1.807) is 0 Å². The van der Waals surface area contributed by atoms with E-state index in [9.17, 15) is 4.79 Å². The van der Waals surface area contributed by atoms with Crippen LogP contribution >= 0.6 is 0 Å². The smallest absolute Gasteiger partial charge is 0.209 e. The van der Waals surface area contributed by atoms with Gasteiger partial charge >= 0.3 is 0 Å². The number of nitrogens with zero attached hydrogens (tertiary/aromatic N) is 1. The number of ether oxygens (including phenoxy) is 1. The van der Waals surface area contributed by atoms with Crippen molar-refractivity contribution in [3.8, 4) is 5.75 Å². The highest BCUT2D eigenvalue weighted by molar-refractivity contribution is 5.52. The quantitative estimate of drug-likeness (QED) is 0.802. The van der Waals surface area contributed by atoms with Crippen molar-refractivity contribution in [3.63, 3.8) is 0 Å². The van der Waals surface area contributed by atoms with Gasteiger partial charge in [-0.3, -0.25) is 4.79 Å². The molecule has 0 N–H and O–H groups in total. The fraction of sp³-hybridized carbons (Fsp3) is 0.632. The second-order valence-electron chi connectivity index (χ2n) is 7.13. The first-order valence-corrected chi connectivity index (χ1v) is 8.76. The first-order valence-electron chi connectivity index (χ1n) is 8.76. The van der Waals surface area contributed by atoms with Crippen LogP contribution in [0.4, 0.5) is 0 Å². The predicted octanol–water partition coefficient (Wildman–Crippen LogP) is 3.30. The second-order valence-corrected chi connectivity index (χ2v) is 7.13. The summed E-state index contributed by atoms with van der Waals surface area (Å²) in [5.74, 6) is 1.65. The Bertz CT molecular complexity index is 585. The lowest BCUT2D eigenvalue weighted by molar-refractivity contribution is -0.126. The number of amides is 1. The van der Waals surface area contributed by atoms with Crippen LogP contribution in [0, 0.1) is 5.92 Å². The molecule has 3 aliphatic rings. The summed E-state index contributed by atoms with van der Waals surface area (Å²) >= 11 is 0. The third kappa shape index (κ3) is 1.90. The minimum absolute atomic E-state index is 0.295. The zero-order valence-corrected chi connectivity index (χ0v) is 13.4. The largest absolute Gasteiger partial charge is 0.494 e. The second kappa shape index (κ2) is 5.29. The lowest BCUT2D eigenvalue weighted by Gasteiger charge is -2.58. The first-order chi connectivity index (χ1) is 10.8. The van der Waals surface area contributed by atoms with Gasteiger partial charge in [0.15, 0.2) is 0 Å². The number of fused-ring (bicyclic) bond motifs is 1. The highest BCUT2D eigenvalue weighted by atomic mass is 16.5. The molecule has 1 aromatic rings. The molecule has 3 heteroatoms. The molecule has 4 rings (SSSR count). The van der Waals surface area contributed by atoms with Gasteiger partial charge in [0.05, 0.1) is 6.61 Å². The van der Waals surface area contributed by atoms with Gasteiger partial charge in [0.2, 0.25) is 6.41 Å². The van der Waals surface area contributed by atoms with Crippen molar-refractivity contribution < 1.29 is 9.53 Å². The van der Waals surface area contributed by atoms with Crippen LogP contribution < -0.4 is 4.74 Å². The van der Waals surface area contributed by atoms with E-state index in [0.717, 1.165) is 38.2 Å². The molecule has 118 valence electrons. The number of piperidine rings is 1. The molecular formula is C19H25NO2. The molecule has 1 unspecified atom stereocenters. The van der Waals surface area contributed by atoms with Gasteiger partial charge in [0.1, 0.15) is 5.75 Å². The van der Waals surface area contributed by atoms with Crippen molar-refractivity contribution in [2.75, 3.05) is 13.2 Å². The monoisotopic (exact) mass is 299 g/mol. The maximum absolute atomic E-state index is 11.5. The summed E-state index contributed by atoms with van der Waals surface area (Å²) in [4.78, 5) is 13.6. The number of hydrogen-bond donors (Lipinski definition) is 0. The zero-order valence-electron chi connectivity index (χ0n) is 13.4. The summed E-state index contributed by atoms with van der Waals surface area (Å²) in [5.41, 5.74) is 3.27. The molecule has 0 radical (unpaired) electrons.